The van der Waals surface area contributed by atoms with Gasteiger partial charge in [0, 0.05) is 35.6 Å². The first kappa shape index (κ1) is 21.2. The zero-order chi connectivity index (χ0) is 21.0. The van der Waals surface area contributed by atoms with E-state index in [2.05, 4.69) is 29.0 Å². The second-order valence-corrected chi connectivity index (χ2v) is 8.47. The van der Waals surface area contributed by atoms with Gasteiger partial charge in [0.25, 0.3) is 5.91 Å². The van der Waals surface area contributed by atoms with Gasteiger partial charge >= 0.3 is 0 Å². The number of amides is 2. The smallest absolute Gasteiger partial charge is 0.253 e. The number of benzene rings is 1. The average Bonchev–Trinajstić information content (AvgIpc) is 3.02. The number of hydrogen-bond acceptors (Lipinski definition) is 2. The Kier molecular flexibility index (Phi) is 6.78. The molecule has 0 aliphatic heterocycles. The number of hydrogen-bond donors (Lipinski definition) is 2. The molecule has 0 unspecified atom stereocenters. The van der Waals surface area contributed by atoms with Gasteiger partial charge in [0.2, 0.25) is 5.91 Å². The third-order valence-corrected chi connectivity index (χ3v) is 5.87. The topological polar surface area (TPSA) is 63.1 Å². The summed E-state index contributed by atoms with van der Waals surface area (Å²) in [5, 5.41) is 5.92. The fraction of sp³-hybridized carbons (Fsp3) is 0.500. The van der Waals surface area contributed by atoms with E-state index >= 15 is 0 Å². The van der Waals surface area contributed by atoms with Gasteiger partial charge in [-0.05, 0) is 50.5 Å². The molecule has 1 heterocycles. The van der Waals surface area contributed by atoms with Crippen LogP contribution in [-0.4, -0.2) is 16.4 Å². The Morgan fingerprint density at radius 1 is 1.07 bits per heavy atom. The molecule has 1 aliphatic rings. The maximum Gasteiger partial charge on any atom is 0.253 e. The lowest BCUT2D eigenvalue weighted by Gasteiger charge is -2.26. The van der Waals surface area contributed by atoms with Crippen molar-refractivity contribution in [2.75, 3.05) is 5.32 Å². The number of rotatable bonds is 6. The van der Waals surface area contributed by atoms with Crippen LogP contribution in [0.15, 0.2) is 30.3 Å². The zero-order valence-electron chi connectivity index (χ0n) is 18.0. The largest absolute Gasteiger partial charge is 0.348 e. The number of aryl methyl sites for hydroxylation is 1. The van der Waals surface area contributed by atoms with Crippen molar-refractivity contribution in [3.63, 3.8) is 0 Å². The van der Waals surface area contributed by atoms with E-state index in [1.807, 2.05) is 44.2 Å². The Balaban J connectivity index is 1.61. The van der Waals surface area contributed by atoms with Crippen molar-refractivity contribution in [1.82, 2.24) is 9.88 Å². The van der Waals surface area contributed by atoms with Gasteiger partial charge in [-0.3, -0.25) is 9.59 Å². The van der Waals surface area contributed by atoms with E-state index in [1.165, 1.54) is 37.8 Å². The van der Waals surface area contributed by atoms with Crippen molar-refractivity contribution in [2.45, 2.75) is 72.4 Å². The molecular formula is C24H33N3O2. The van der Waals surface area contributed by atoms with Crippen molar-refractivity contribution in [1.29, 1.82) is 0 Å². The molecule has 2 amide bonds. The van der Waals surface area contributed by atoms with Gasteiger partial charge in [0.05, 0.1) is 5.56 Å². The number of carbonyl (C=O) groups is 2. The first-order chi connectivity index (χ1) is 13.9. The molecule has 2 N–H and O–H groups in total. The molecule has 1 aliphatic carbocycles. The first-order valence-corrected chi connectivity index (χ1v) is 10.7. The molecule has 0 atom stereocenters. The van der Waals surface area contributed by atoms with Gasteiger partial charge in [-0.1, -0.05) is 45.2 Å². The third-order valence-electron chi connectivity index (χ3n) is 5.87. The Labute approximate surface area is 173 Å². The summed E-state index contributed by atoms with van der Waals surface area (Å²) < 4.78 is 2.36. The zero-order valence-corrected chi connectivity index (χ0v) is 18.0. The van der Waals surface area contributed by atoms with Crippen LogP contribution < -0.4 is 10.6 Å². The molecule has 0 spiro atoms. The molecular weight excluding hydrogens is 362 g/mol. The van der Waals surface area contributed by atoms with Crippen LogP contribution in [-0.2, 0) is 11.3 Å². The molecule has 1 fully saturated rings. The van der Waals surface area contributed by atoms with Gasteiger partial charge in [-0.2, -0.15) is 0 Å². The van der Waals surface area contributed by atoms with Gasteiger partial charge in [0.1, 0.15) is 0 Å². The summed E-state index contributed by atoms with van der Waals surface area (Å²) in [5.41, 5.74) is 4.79. The quantitative estimate of drug-likeness (QED) is 0.712. The Morgan fingerprint density at radius 2 is 1.72 bits per heavy atom. The highest BCUT2D eigenvalue weighted by Gasteiger charge is 2.22. The molecule has 2 aromatic rings. The molecule has 0 saturated heterocycles. The van der Waals surface area contributed by atoms with Crippen molar-refractivity contribution < 1.29 is 9.59 Å². The highest BCUT2D eigenvalue weighted by molar-refractivity contribution is 5.95. The van der Waals surface area contributed by atoms with Gasteiger partial charge in [-0.15, -0.1) is 0 Å². The maximum absolute atomic E-state index is 12.8. The monoisotopic (exact) mass is 395 g/mol. The van der Waals surface area contributed by atoms with Crippen LogP contribution >= 0.6 is 0 Å². The van der Waals surface area contributed by atoms with E-state index in [0.29, 0.717) is 12.6 Å². The van der Waals surface area contributed by atoms with E-state index in [4.69, 9.17) is 0 Å². The minimum absolute atomic E-state index is 0.000578. The van der Waals surface area contributed by atoms with Crippen LogP contribution in [0.2, 0.25) is 0 Å². The predicted molar refractivity (Wildman–Crippen MR) is 117 cm³/mol. The summed E-state index contributed by atoms with van der Waals surface area (Å²) in [6, 6.07) is 10.2. The molecule has 0 radical (unpaired) electrons. The molecule has 3 rings (SSSR count). The molecule has 5 heteroatoms. The number of aromatic nitrogens is 1. The van der Waals surface area contributed by atoms with Crippen LogP contribution in [0.25, 0.3) is 0 Å². The molecule has 29 heavy (non-hydrogen) atoms. The van der Waals surface area contributed by atoms with E-state index in [9.17, 15) is 9.59 Å². The normalized spacial score (nSPS) is 14.8. The standard InChI is InChI=1S/C24H33N3O2/c1-16(2)23(28)26-20-12-10-19(11-13-20)15-25-24(29)22-14-17(3)27(18(22)4)21-8-6-5-7-9-21/h10-14,16,21H,5-9,15H2,1-4H3,(H,25,29)(H,26,28). The lowest BCUT2D eigenvalue weighted by Crippen LogP contribution is -2.24. The summed E-state index contributed by atoms with van der Waals surface area (Å²) in [6.45, 7) is 8.35. The molecule has 0 bridgehead atoms. The molecule has 5 nitrogen and oxygen atoms in total. The van der Waals surface area contributed by atoms with Crippen molar-refractivity contribution in [3.8, 4) is 0 Å². The van der Waals surface area contributed by atoms with Crippen molar-refractivity contribution in [3.05, 3.63) is 52.8 Å². The number of carbonyl (C=O) groups excluding carboxylic acids is 2. The third kappa shape index (κ3) is 5.08. The Hall–Kier alpha value is -2.56. The fourth-order valence-electron chi connectivity index (χ4n) is 4.18. The predicted octanol–water partition coefficient (Wildman–Crippen LogP) is 5.13. The van der Waals surface area contributed by atoms with E-state index in [1.54, 1.807) is 0 Å². The van der Waals surface area contributed by atoms with E-state index in [0.717, 1.165) is 22.5 Å². The number of nitrogens with one attached hydrogen (secondary N) is 2. The Morgan fingerprint density at radius 3 is 2.34 bits per heavy atom. The van der Waals surface area contributed by atoms with Gasteiger partial charge in [-0.25, -0.2) is 0 Å². The molecule has 1 saturated carbocycles. The second kappa shape index (κ2) is 9.29. The molecule has 156 valence electrons. The Bertz CT molecular complexity index is 859. The summed E-state index contributed by atoms with van der Waals surface area (Å²) in [6.07, 6.45) is 6.28. The number of nitrogens with zero attached hydrogens (tertiary/aromatic N) is 1. The minimum Gasteiger partial charge on any atom is -0.348 e. The molecule has 1 aromatic heterocycles. The second-order valence-electron chi connectivity index (χ2n) is 8.47. The van der Waals surface area contributed by atoms with Crippen LogP contribution in [0.5, 0.6) is 0 Å². The lowest BCUT2D eigenvalue weighted by atomic mass is 9.95. The summed E-state index contributed by atoms with van der Waals surface area (Å²) in [7, 11) is 0. The number of anilines is 1. The lowest BCUT2D eigenvalue weighted by molar-refractivity contribution is -0.118. The van der Waals surface area contributed by atoms with E-state index in [-0.39, 0.29) is 17.7 Å². The summed E-state index contributed by atoms with van der Waals surface area (Å²) in [5.74, 6) is -0.0849. The van der Waals surface area contributed by atoms with E-state index < -0.39 is 0 Å². The maximum atomic E-state index is 12.8. The van der Waals surface area contributed by atoms with Gasteiger partial charge in [0.15, 0.2) is 0 Å². The first-order valence-electron chi connectivity index (χ1n) is 10.7. The van der Waals surface area contributed by atoms with Crippen LogP contribution in [0, 0.1) is 19.8 Å². The van der Waals surface area contributed by atoms with Gasteiger partial charge < -0.3 is 15.2 Å². The highest BCUT2D eigenvalue weighted by atomic mass is 16.2. The molecule has 1 aromatic carbocycles. The van der Waals surface area contributed by atoms with Crippen LogP contribution in [0.3, 0.4) is 0 Å². The van der Waals surface area contributed by atoms with Crippen molar-refractivity contribution in [2.24, 2.45) is 5.92 Å². The fourth-order valence-corrected chi connectivity index (χ4v) is 4.18. The SMILES string of the molecule is Cc1cc(C(=O)NCc2ccc(NC(=O)C(C)C)cc2)c(C)n1C1CCCCC1. The summed E-state index contributed by atoms with van der Waals surface area (Å²) in [4.78, 5) is 24.6. The minimum atomic E-state index is -0.0541. The van der Waals surface area contributed by atoms with Crippen molar-refractivity contribution >= 4 is 17.5 Å². The average molecular weight is 396 g/mol. The van der Waals surface area contributed by atoms with Crippen LogP contribution in [0.4, 0.5) is 5.69 Å². The van der Waals surface area contributed by atoms with Crippen LogP contribution in [0.1, 0.15) is 79.3 Å². The highest BCUT2D eigenvalue weighted by Crippen LogP contribution is 2.32. The summed E-state index contributed by atoms with van der Waals surface area (Å²) >= 11 is 0.